The van der Waals surface area contributed by atoms with Gasteiger partial charge in [-0.1, -0.05) is 41.6 Å². The zero-order valence-corrected chi connectivity index (χ0v) is 18.9. The summed E-state index contributed by atoms with van der Waals surface area (Å²) in [6.07, 6.45) is 0. The van der Waals surface area contributed by atoms with E-state index in [2.05, 4.69) is 60.0 Å². The number of benzene rings is 4. The maximum Gasteiger partial charge on any atom is 0.347 e. The monoisotopic (exact) mass is 437 g/mol. The van der Waals surface area contributed by atoms with Crippen LogP contribution < -0.4 is 14.9 Å². The van der Waals surface area contributed by atoms with Crippen LogP contribution in [0.3, 0.4) is 0 Å². The number of aryl methyl sites for hydroxylation is 2. The first kappa shape index (κ1) is 19.1. The molecule has 0 amide bonds. The van der Waals surface area contributed by atoms with Crippen molar-refractivity contribution in [1.29, 1.82) is 0 Å². The smallest absolute Gasteiger partial charge is 0.347 e. The van der Waals surface area contributed by atoms with Gasteiger partial charge in [0.1, 0.15) is 5.75 Å². The number of imidazole rings is 1. The van der Waals surface area contributed by atoms with E-state index < -0.39 is 0 Å². The summed E-state index contributed by atoms with van der Waals surface area (Å²) in [5.41, 5.74) is 3.98. The lowest BCUT2D eigenvalue weighted by Gasteiger charge is -2.10. The van der Waals surface area contributed by atoms with Crippen molar-refractivity contribution in [3.8, 4) is 5.75 Å². The zero-order valence-electron chi connectivity index (χ0n) is 18.0. The van der Waals surface area contributed by atoms with E-state index in [9.17, 15) is 4.79 Å². The molecule has 0 spiro atoms. The lowest BCUT2D eigenvalue weighted by atomic mass is 10.0. The molecule has 6 aromatic rings. The Bertz CT molecular complexity index is 1720. The first-order valence-corrected chi connectivity index (χ1v) is 11.3. The Morgan fingerprint density at radius 2 is 1.69 bits per heavy atom. The zero-order chi connectivity index (χ0) is 22.0. The number of hydrogen-bond acceptors (Lipinski definition) is 3. The largest absolute Gasteiger partial charge is 0.497 e. The van der Waals surface area contributed by atoms with Crippen LogP contribution in [-0.2, 0) is 7.05 Å². The molecule has 4 aromatic carbocycles. The van der Waals surface area contributed by atoms with Gasteiger partial charge in [0.05, 0.1) is 24.9 Å². The van der Waals surface area contributed by atoms with Gasteiger partial charge in [-0.15, -0.1) is 0 Å². The van der Waals surface area contributed by atoms with Crippen LogP contribution in [0.5, 0.6) is 5.75 Å². The van der Waals surface area contributed by atoms with Crippen LogP contribution in [0.15, 0.2) is 87.4 Å². The van der Waals surface area contributed by atoms with Crippen LogP contribution in [0.25, 0.3) is 38.2 Å². The average Bonchev–Trinajstić information content (AvgIpc) is 3.11. The molecule has 0 unspecified atom stereocenters. The number of nitrogens with zero attached hydrogens (tertiary/aromatic N) is 2. The topological polar surface area (TPSA) is 34.6 Å². The van der Waals surface area contributed by atoms with Crippen molar-refractivity contribution in [1.82, 2.24) is 4.40 Å². The maximum atomic E-state index is 13.7. The van der Waals surface area contributed by atoms with Gasteiger partial charge in [-0.05, 0) is 54.8 Å². The third-order valence-electron chi connectivity index (χ3n) is 6.24. The molecule has 0 N–H and O–H groups in total. The lowest BCUT2D eigenvalue weighted by Crippen LogP contribution is -2.29. The molecule has 0 saturated heterocycles. The van der Waals surface area contributed by atoms with E-state index in [4.69, 9.17) is 4.74 Å². The van der Waals surface area contributed by atoms with Crippen LogP contribution in [0.1, 0.15) is 5.56 Å². The average molecular weight is 438 g/mol. The van der Waals surface area contributed by atoms with E-state index in [0.29, 0.717) is 0 Å². The summed E-state index contributed by atoms with van der Waals surface area (Å²) >= 11 is 1.73. The van der Waals surface area contributed by atoms with Crippen molar-refractivity contribution in [2.45, 2.75) is 16.7 Å². The molecule has 4 nitrogen and oxygen atoms in total. The molecule has 0 fully saturated rings. The van der Waals surface area contributed by atoms with Gasteiger partial charge in [0.25, 0.3) is 5.65 Å². The molecule has 32 heavy (non-hydrogen) atoms. The number of fused-ring (bicyclic) bond motifs is 4. The highest BCUT2D eigenvalue weighted by molar-refractivity contribution is 7.99. The van der Waals surface area contributed by atoms with E-state index >= 15 is 0 Å². The van der Waals surface area contributed by atoms with Crippen LogP contribution in [0.4, 0.5) is 0 Å². The minimum Gasteiger partial charge on any atom is -0.497 e. The van der Waals surface area contributed by atoms with Crippen molar-refractivity contribution in [3.63, 3.8) is 0 Å². The van der Waals surface area contributed by atoms with E-state index in [1.165, 1.54) is 10.5 Å². The molecule has 2 aromatic heterocycles. The van der Waals surface area contributed by atoms with Crippen molar-refractivity contribution >= 4 is 50.0 Å². The molecule has 0 saturated carbocycles. The second kappa shape index (κ2) is 6.97. The number of hydrogen-bond donors (Lipinski definition) is 0. The molecule has 0 aliphatic carbocycles. The normalized spacial score (nSPS) is 11.8. The quantitative estimate of drug-likeness (QED) is 0.344. The number of methoxy groups -OCH3 is 1. The number of pyridine rings is 1. The summed E-state index contributed by atoms with van der Waals surface area (Å²) in [7, 11) is 3.66. The van der Waals surface area contributed by atoms with Crippen molar-refractivity contribution in [2.75, 3.05) is 7.11 Å². The Kier molecular flexibility index (Phi) is 4.17. The highest BCUT2D eigenvalue weighted by Gasteiger charge is 2.25. The first-order valence-electron chi connectivity index (χ1n) is 10.5. The maximum absolute atomic E-state index is 13.7. The Labute approximate surface area is 189 Å². The number of ether oxygens (including phenoxy) is 1. The van der Waals surface area contributed by atoms with E-state index in [1.54, 1.807) is 18.9 Å². The Morgan fingerprint density at radius 3 is 2.47 bits per heavy atom. The van der Waals surface area contributed by atoms with Crippen LogP contribution >= 0.6 is 11.8 Å². The lowest BCUT2D eigenvalue weighted by molar-refractivity contribution is -0.617. The molecular weight excluding hydrogens is 416 g/mol. The van der Waals surface area contributed by atoms with E-state index in [1.807, 2.05) is 35.7 Å². The van der Waals surface area contributed by atoms with Crippen LogP contribution in [0, 0.1) is 6.92 Å². The fourth-order valence-electron chi connectivity index (χ4n) is 4.67. The number of rotatable bonds is 3. The summed E-state index contributed by atoms with van der Waals surface area (Å²) in [5, 5.41) is 3.93. The van der Waals surface area contributed by atoms with Gasteiger partial charge in [-0.25, -0.2) is 9.36 Å². The fourth-order valence-corrected chi connectivity index (χ4v) is 5.61. The fraction of sp³-hybridized carbons (Fsp3) is 0.111. The third kappa shape index (κ3) is 2.64. The predicted octanol–water partition coefficient (Wildman–Crippen LogP) is 5.49. The molecule has 156 valence electrons. The van der Waals surface area contributed by atoms with Gasteiger partial charge in [-0.3, -0.25) is 0 Å². The molecule has 0 atom stereocenters. The molecule has 5 heteroatoms. The third-order valence-corrected chi connectivity index (χ3v) is 7.32. The van der Waals surface area contributed by atoms with Crippen molar-refractivity contribution < 1.29 is 9.30 Å². The Balaban J connectivity index is 1.72. The second-order valence-electron chi connectivity index (χ2n) is 8.13. The van der Waals surface area contributed by atoms with Crippen molar-refractivity contribution in [2.24, 2.45) is 7.05 Å². The van der Waals surface area contributed by atoms with Crippen LogP contribution in [0.2, 0.25) is 0 Å². The highest BCUT2D eigenvalue weighted by Crippen LogP contribution is 2.38. The minimum absolute atomic E-state index is 0.00515. The van der Waals surface area contributed by atoms with E-state index in [0.717, 1.165) is 48.9 Å². The SMILES string of the molecule is COc1ccc2c(c1)n1c(=O)c3ccc(Sc4ccc(C)cc4)c4cccc(c43)c1[n+]2C. The van der Waals surface area contributed by atoms with Gasteiger partial charge in [-0.2, -0.15) is 4.40 Å². The molecule has 2 heterocycles. The Morgan fingerprint density at radius 1 is 0.906 bits per heavy atom. The van der Waals surface area contributed by atoms with Gasteiger partial charge >= 0.3 is 5.56 Å². The number of aromatic nitrogens is 2. The van der Waals surface area contributed by atoms with E-state index in [-0.39, 0.29) is 5.56 Å². The first-order chi connectivity index (χ1) is 15.6. The summed E-state index contributed by atoms with van der Waals surface area (Å²) in [4.78, 5) is 16.1. The van der Waals surface area contributed by atoms with Gasteiger partial charge in [0, 0.05) is 21.2 Å². The summed E-state index contributed by atoms with van der Waals surface area (Å²) < 4.78 is 9.35. The molecule has 0 aliphatic rings. The van der Waals surface area contributed by atoms with Gasteiger partial charge < -0.3 is 4.74 Å². The predicted molar refractivity (Wildman–Crippen MR) is 130 cm³/mol. The van der Waals surface area contributed by atoms with Crippen LogP contribution in [-0.4, -0.2) is 11.5 Å². The Hall–Kier alpha value is -3.57. The molecular formula is C27H21N2O2S+. The van der Waals surface area contributed by atoms with Gasteiger partial charge in [0.15, 0.2) is 11.0 Å². The molecule has 0 bridgehead atoms. The highest BCUT2D eigenvalue weighted by atomic mass is 32.2. The molecule has 0 aliphatic heterocycles. The minimum atomic E-state index is -0.00515. The summed E-state index contributed by atoms with van der Waals surface area (Å²) in [6.45, 7) is 2.09. The molecule has 6 rings (SSSR count). The molecule has 0 radical (unpaired) electrons. The standard InChI is InChI=1S/C27H21N2O2S/c1-16-7-10-18(11-8-16)32-24-14-12-21-25-19(24)5-4-6-20(25)26-28(2)22-13-9-17(31-3)15-23(22)29(26)27(21)30/h4-15H,1-3H3/q+1. The van der Waals surface area contributed by atoms with Gasteiger partial charge in [0.2, 0.25) is 0 Å². The summed E-state index contributed by atoms with van der Waals surface area (Å²) in [5.74, 6) is 0.736. The van der Waals surface area contributed by atoms with Crippen molar-refractivity contribution in [3.05, 3.63) is 88.7 Å². The summed E-state index contributed by atoms with van der Waals surface area (Å²) in [6, 6.07) is 24.8. The second-order valence-corrected chi connectivity index (χ2v) is 9.25.